The van der Waals surface area contributed by atoms with E-state index in [2.05, 4.69) is 32.8 Å². The highest BCUT2D eigenvalue weighted by Crippen LogP contribution is 2.21. The molecule has 28 heavy (non-hydrogen) atoms. The number of hydrogen-bond donors (Lipinski definition) is 3. The summed E-state index contributed by atoms with van der Waals surface area (Å²) in [4.78, 5) is 20.8. The molecule has 0 fully saturated rings. The van der Waals surface area contributed by atoms with E-state index in [1.807, 2.05) is 75.4 Å². The molecule has 0 aliphatic rings. The van der Waals surface area contributed by atoms with Crippen molar-refractivity contribution in [3.63, 3.8) is 0 Å². The molecule has 1 aromatic heterocycles. The predicted molar refractivity (Wildman–Crippen MR) is 114 cm³/mol. The number of benzene rings is 2. The SMILES string of the molecule is Cc1ccc(Nc2nc(C)cc(Nc3ccc(NC(=O)C(C)C)cc3)n2)cc1. The van der Waals surface area contributed by atoms with Gasteiger partial charge in [-0.05, 0) is 50.2 Å². The minimum Gasteiger partial charge on any atom is -0.340 e. The maximum atomic E-state index is 11.8. The second-order valence-corrected chi connectivity index (χ2v) is 7.06. The number of nitrogens with one attached hydrogen (secondary N) is 3. The number of anilines is 5. The predicted octanol–water partition coefficient (Wildman–Crippen LogP) is 5.18. The van der Waals surface area contributed by atoms with Gasteiger partial charge in [0.15, 0.2) is 0 Å². The molecule has 3 rings (SSSR count). The summed E-state index contributed by atoms with van der Waals surface area (Å²) in [5, 5.41) is 9.39. The number of nitrogens with zero attached hydrogens (tertiary/aromatic N) is 2. The van der Waals surface area contributed by atoms with Crippen LogP contribution in [0.4, 0.5) is 28.8 Å². The molecule has 0 saturated heterocycles. The molecule has 3 N–H and O–H groups in total. The Labute approximate surface area is 165 Å². The van der Waals surface area contributed by atoms with Crippen LogP contribution < -0.4 is 16.0 Å². The Morgan fingerprint density at radius 3 is 2.04 bits per heavy atom. The minimum absolute atomic E-state index is 0.000966. The summed E-state index contributed by atoms with van der Waals surface area (Å²) >= 11 is 0. The first kappa shape index (κ1) is 19.4. The minimum atomic E-state index is -0.0544. The Morgan fingerprint density at radius 2 is 1.39 bits per heavy atom. The normalized spacial score (nSPS) is 10.6. The molecule has 1 heterocycles. The highest BCUT2D eigenvalue weighted by atomic mass is 16.1. The fourth-order valence-electron chi connectivity index (χ4n) is 2.53. The van der Waals surface area contributed by atoms with Gasteiger partial charge in [0.1, 0.15) is 5.82 Å². The standard InChI is InChI=1S/C22H25N5O/c1-14(2)21(28)25-18-11-9-17(10-12-18)24-20-13-16(4)23-22(27-20)26-19-7-5-15(3)6-8-19/h5-14H,1-4H3,(H,25,28)(H2,23,24,26,27). The first-order valence-corrected chi connectivity index (χ1v) is 9.26. The van der Waals surface area contributed by atoms with Crippen molar-refractivity contribution in [1.82, 2.24) is 9.97 Å². The lowest BCUT2D eigenvalue weighted by Gasteiger charge is -2.11. The maximum absolute atomic E-state index is 11.8. The lowest BCUT2D eigenvalue weighted by molar-refractivity contribution is -0.118. The molecule has 0 saturated carbocycles. The van der Waals surface area contributed by atoms with Crippen LogP contribution in [0.2, 0.25) is 0 Å². The van der Waals surface area contributed by atoms with E-state index >= 15 is 0 Å². The molecule has 0 atom stereocenters. The van der Waals surface area contributed by atoms with E-state index in [-0.39, 0.29) is 11.8 Å². The van der Waals surface area contributed by atoms with Crippen LogP contribution in [-0.2, 0) is 4.79 Å². The van der Waals surface area contributed by atoms with Gasteiger partial charge in [-0.3, -0.25) is 4.79 Å². The molecule has 0 aliphatic heterocycles. The summed E-state index contributed by atoms with van der Waals surface area (Å²) in [5.74, 6) is 1.17. The molecule has 6 nitrogen and oxygen atoms in total. The molecule has 0 unspecified atom stereocenters. The number of rotatable bonds is 6. The second kappa shape index (κ2) is 8.52. The smallest absolute Gasteiger partial charge is 0.229 e. The van der Waals surface area contributed by atoms with Gasteiger partial charge in [0, 0.05) is 34.7 Å². The van der Waals surface area contributed by atoms with Crippen LogP contribution in [0.25, 0.3) is 0 Å². The largest absolute Gasteiger partial charge is 0.340 e. The third-order valence-electron chi connectivity index (χ3n) is 4.11. The van der Waals surface area contributed by atoms with Crippen LogP contribution in [0.15, 0.2) is 54.6 Å². The van der Waals surface area contributed by atoms with Crippen molar-refractivity contribution >= 4 is 34.7 Å². The topological polar surface area (TPSA) is 78.9 Å². The Balaban J connectivity index is 1.71. The second-order valence-electron chi connectivity index (χ2n) is 7.06. The number of aromatic nitrogens is 2. The van der Waals surface area contributed by atoms with Gasteiger partial charge < -0.3 is 16.0 Å². The number of aryl methyl sites for hydroxylation is 2. The third kappa shape index (κ3) is 5.30. The molecular weight excluding hydrogens is 350 g/mol. The molecule has 2 aromatic carbocycles. The van der Waals surface area contributed by atoms with Crippen molar-refractivity contribution in [2.45, 2.75) is 27.7 Å². The van der Waals surface area contributed by atoms with Crippen LogP contribution >= 0.6 is 0 Å². The van der Waals surface area contributed by atoms with Gasteiger partial charge >= 0.3 is 0 Å². The van der Waals surface area contributed by atoms with Crippen molar-refractivity contribution in [1.29, 1.82) is 0 Å². The maximum Gasteiger partial charge on any atom is 0.229 e. The summed E-state index contributed by atoms with van der Waals surface area (Å²) in [7, 11) is 0. The van der Waals surface area contributed by atoms with Gasteiger partial charge in [-0.25, -0.2) is 4.98 Å². The van der Waals surface area contributed by atoms with Crippen LogP contribution in [0.3, 0.4) is 0 Å². The van der Waals surface area contributed by atoms with Gasteiger partial charge in [0.25, 0.3) is 0 Å². The van der Waals surface area contributed by atoms with E-state index < -0.39 is 0 Å². The lowest BCUT2D eigenvalue weighted by atomic mass is 10.2. The van der Waals surface area contributed by atoms with Crippen LogP contribution in [0, 0.1) is 19.8 Å². The fourth-order valence-corrected chi connectivity index (χ4v) is 2.53. The average Bonchev–Trinajstić information content (AvgIpc) is 2.64. The van der Waals surface area contributed by atoms with E-state index in [0.29, 0.717) is 11.8 Å². The van der Waals surface area contributed by atoms with Crippen LogP contribution in [0.5, 0.6) is 0 Å². The first-order chi connectivity index (χ1) is 13.4. The zero-order chi connectivity index (χ0) is 20.1. The van der Waals surface area contributed by atoms with Gasteiger partial charge in [-0.15, -0.1) is 0 Å². The van der Waals surface area contributed by atoms with Crippen molar-refractivity contribution < 1.29 is 4.79 Å². The van der Waals surface area contributed by atoms with Crippen molar-refractivity contribution in [3.05, 3.63) is 65.9 Å². The third-order valence-corrected chi connectivity index (χ3v) is 4.11. The summed E-state index contributed by atoms with van der Waals surface area (Å²) in [6, 6.07) is 17.5. The van der Waals surface area contributed by atoms with E-state index in [9.17, 15) is 4.79 Å². The van der Waals surface area contributed by atoms with Crippen molar-refractivity contribution in [2.24, 2.45) is 5.92 Å². The Bertz CT molecular complexity index is 950. The van der Waals surface area contributed by atoms with Crippen LogP contribution in [0.1, 0.15) is 25.1 Å². The van der Waals surface area contributed by atoms with Gasteiger partial charge in [-0.2, -0.15) is 4.98 Å². The van der Waals surface area contributed by atoms with Crippen LogP contribution in [-0.4, -0.2) is 15.9 Å². The van der Waals surface area contributed by atoms with E-state index in [0.717, 1.165) is 22.8 Å². The monoisotopic (exact) mass is 375 g/mol. The van der Waals surface area contributed by atoms with Gasteiger partial charge in [0.2, 0.25) is 11.9 Å². The summed E-state index contributed by atoms with van der Waals surface area (Å²) in [5.41, 5.74) is 4.64. The Hall–Kier alpha value is -3.41. The highest BCUT2D eigenvalue weighted by Gasteiger charge is 2.07. The molecule has 1 amide bonds. The fraction of sp³-hybridized carbons (Fsp3) is 0.227. The number of hydrogen-bond acceptors (Lipinski definition) is 5. The first-order valence-electron chi connectivity index (χ1n) is 9.26. The Kier molecular flexibility index (Phi) is 5.89. The molecule has 6 heteroatoms. The van der Waals surface area contributed by atoms with Crippen molar-refractivity contribution in [2.75, 3.05) is 16.0 Å². The lowest BCUT2D eigenvalue weighted by Crippen LogP contribution is -2.17. The zero-order valence-corrected chi connectivity index (χ0v) is 16.6. The molecule has 144 valence electrons. The Morgan fingerprint density at radius 1 is 0.821 bits per heavy atom. The average molecular weight is 375 g/mol. The van der Waals surface area contributed by atoms with E-state index in [1.165, 1.54) is 5.56 Å². The number of carbonyl (C=O) groups is 1. The molecule has 0 radical (unpaired) electrons. The molecule has 0 spiro atoms. The number of amides is 1. The van der Waals surface area contributed by atoms with E-state index in [1.54, 1.807) is 0 Å². The van der Waals surface area contributed by atoms with Gasteiger partial charge in [-0.1, -0.05) is 31.5 Å². The van der Waals surface area contributed by atoms with Crippen molar-refractivity contribution in [3.8, 4) is 0 Å². The quantitative estimate of drug-likeness (QED) is 0.553. The van der Waals surface area contributed by atoms with E-state index in [4.69, 9.17) is 0 Å². The summed E-state index contributed by atoms with van der Waals surface area (Å²) < 4.78 is 0. The summed E-state index contributed by atoms with van der Waals surface area (Å²) in [6.45, 7) is 7.71. The van der Waals surface area contributed by atoms with Gasteiger partial charge in [0.05, 0.1) is 0 Å². The molecular formula is C22H25N5O. The molecule has 0 aliphatic carbocycles. The number of carbonyl (C=O) groups excluding carboxylic acids is 1. The summed E-state index contributed by atoms with van der Waals surface area (Å²) in [6.07, 6.45) is 0. The molecule has 3 aromatic rings. The molecule has 0 bridgehead atoms. The zero-order valence-electron chi connectivity index (χ0n) is 16.6. The highest BCUT2D eigenvalue weighted by molar-refractivity contribution is 5.92.